The van der Waals surface area contributed by atoms with E-state index >= 15 is 0 Å². The zero-order valence-electron chi connectivity index (χ0n) is 14.9. The molecule has 3 heteroatoms. The molecule has 4 aliphatic rings. The molecule has 7 unspecified atom stereocenters. The van der Waals surface area contributed by atoms with E-state index in [1.54, 1.807) is 0 Å². The summed E-state index contributed by atoms with van der Waals surface area (Å²) >= 11 is 0. The highest BCUT2D eigenvalue weighted by atomic mass is 16.7. The number of carbonyl (C=O) groups is 1. The normalized spacial score (nSPS) is 48.0. The summed E-state index contributed by atoms with van der Waals surface area (Å²) < 4.78 is 12.1. The Morgan fingerprint density at radius 1 is 1.04 bits per heavy atom. The molecule has 0 aromatic carbocycles. The van der Waals surface area contributed by atoms with Gasteiger partial charge in [-0.25, -0.2) is 0 Å². The maximum Gasteiger partial charge on any atom is 0.311 e. The maximum atomic E-state index is 12.9. The van der Waals surface area contributed by atoms with Gasteiger partial charge in [0.25, 0.3) is 0 Å². The lowest BCUT2D eigenvalue weighted by atomic mass is 9.71. The molecular weight excluding hydrogens is 288 g/mol. The average Bonchev–Trinajstić information content (AvgIpc) is 3.16. The van der Waals surface area contributed by atoms with Crippen molar-refractivity contribution in [3.63, 3.8) is 0 Å². The van der Waals surface area contributed by atoms with Crippen molar-refractivity contribution in [2.45, 2.75) is 84.5 Å². The Labute approximate surface area is 140 Å². The largest absolute Gasteiger partial charge is 0.435 e. The van der Waals surface area contributed by atoms with Gasteiger partial charge in [0.05, 0.1) is 12.0 Å². The van der Waals surface area contributed by atoms with Crippen LogP contribution in [0.1, 0.15) is 72.1 Å². The molecule has 7 atom stereocenters. The third kappa shape index (κ3) is 2.54. The van der Waals surface area contributed by atoms with Gasteiger partial charge in [-0.1, -0.05) is 33.1 Å². The number of fused-ring (bicyclic) bond motifs is 2. The van der Waals surface area contributed by atoms with Crippen LogP contribution in [-0.2, 0) is 14.3 Å². The van der Waals surface area contributed by atoms with Crippen LogP contribution in [0.5, 0.6) is 0 Å². The number of hydrogen-bond acceptors (Lipinski definition) is 3. The fourth-order valence-corrected chi connectivity index (χ4v) is 6.33. The van der Waals surface area contributed by atoms with Gasteiger partial charge in [0.2, 0.25) is 6.29 Å². The number of carbonyl (C=O) groups excluding carboxylic acids is 1. The van der Waals surface area contributed by atoms with Crippen molar-refractivity contribution in [2.75, 3.05) is 0 Å². The van der Waals surface area contributed by atoms with Gasteiger partial charge >= 0.3 is 5.97 Å². The monoisotopic (exact) mass is 320 g/mol. The fraction of sp³-hybridized carbons (Fsp3) is 0.950. The van der Waals surface area contributed by atoms with Crippen LogP contribution in [0.3, 0.4) is 0 Å². The summed E-state index contributed by atoms with van der Waals surface area (Å²) in [4.78, 5) is 12.9. The standard InChI is InChI=1S/C20H32O3/c1-12-11-20(7-5-4-6-8-20)19(22-12)23-18(21)17-10-15-9-16(17)14(3)13(15)2/h12-17,19H,4-11H2,1-3H3. The van der Waals surface area contributed by atoms with Crippen LogP contribution in [0.15, 0.2) is 0 Å². The number of rotatable bonds is 2. The van der Waals surface area contributed by atoms with Gasteiger partial charge in [-0.3, -0.25) is 4.79 Å². The zero-order valence-corrected chi connectivity index (χ0v) is 14.9. The lowest BCUT2D eigenvalue weighted by Crippen LogP contribution is -2.40. The predicted molar refractivity (Wildman–Crippen MR) is 88.6 cm³/mol. The summed E-state index contributed by atoms with van der Waals surface area (Å²) in [7, 11) is 0. The average molecular weight is 320 g/mol. The first-order valence-corrected chi connectivity index (χ1v) is 9.86. The van der Waals surface area contributed by atoms with Gasteiger partial charge in [-0.15, -0.1) is 0 Å². The Hall–Kier alpha value is -0.570. The second-order valence-corrected chi connectivity index (χ2v) is 9.06. The van der Waals surface area contributed by atoms with Crippen LogP contribution in [-0.4, -0.2) is 18.4 Å². The third-order valence-electron chi connectivity index (χ3n) is 7.82. The Morgan fingerprint density at radius 2 is 1.78 bits per heavy atom. The number of ether oxygens (including phenoxy) is 2. The van der Waals surface area contributed by atoms with Crippen LogP contribution < -0.4 is 0 Å². The molecule has 2 bridgehead atoms. The molecule has 23 heavy (non-hydrogen) atoms. The molecule has 0 aromatic rings. The van der Waals surface area contributed by atoms with Crippen LogP contribution in [0.25, 0.3) is 0 Å². The van der Waals surface area contributed by atoms with Crippen molar-refractivity contribution in [2.24, 2.45) is 35.0 Å². The van der Waals surface area contributed by atoms with Crippen molar-refractivity contribution in [1.29, 1.82) is 0 Å². The Kier molecular flexibility index (Phi) is 3.98. The summed E-state index contributed by atoms with van der Waals surface area (Å²) in [5, 5.41) is 0. The Bertz CT molecular complexity index is 466. The molecule has 1 spiro atoms. The predicted octanol–water partition coefficient (Wildman–Crippen LogP) is 4.54. The van der Waals surface area contributed by atoms with Crippen molar-refractivity contribution in [3.8, 4) is 0 Å². The van der Waals surface area contributed by atoms with Crippen LogP contribution in [0.4, 0.5) is 0 Å². The highest BCUT2D eigenvalue weighted by molar-refractivity contribution is 5.73. The highest BCUT2D eigenvalue weighted by Gasteiger charge is 2.54. The van der Waals surface area contributed by atoms with E-state index in [0.29, 0.717) is 11.8 Å². The zero-order chi connectivity index (χ0) is 16.2. The second-order valence-electron chi connectivity index (χ2n) is 9.06. The van der Waals surface area contributed by atoms with E-state index in [1.807, 2.05) is 0 Å². The SMILES string of the molecule is CC1CC2(CCCCC2)C(OC(=O)C2CC3CC2C(C)C3C)O1. The summed E-state index contributed by atoms with van der Waals surface area (Å²) in [6.45, 7) is 6.81. The third-order valence-corrected chi connectivity index (χ3v) is 7.82. The minimum atomic E-state index is -0.280. The summed E-state index contributed by atoms with van der Waals surface area (Å²) in [6.07, 6.45) is 9.45. The first-order chi connectivity index (χ1) is 11.0. The van der Waals surface area contributed by atoms with E-state index in [0.717, 1.165) is 24.7 Å². The molecule has 4 rings (SSSR count). The minimum absolute atomic E-state index is 0.0419. The van der Waals surface area contributed by atoms with E-state index in [4.69, 9.17) is 9.47 Å². The lowest BCUT2D eigenvalue weighted by molar-refractivity contribution is -0.201. The molecule has 0 amide bonds. The van der Waals surface area contributed by atoms with E-state index < -0.39 is 0 Å². The number of hydrogen-bond donors (Lipinski definition) is 0. The molecule has 1 aliphatic heterocycles. The first-order valence-electron chi connectivity index (χ1n) is 9.86. The molecule has 0 aromatic heterocycles. The van der Waals surface area contributed by atoms with Gasteiger partial charge in [-0.2, -0.15) is 0 Å². The van der Waals surface area contributed by atoms with Crippen LogP contribution in [0.2, 0.25) is 0 Å². The molecule has 3 aliphatic carbocycles. The quantitative estimate of drug-likeness (QED) is 0.701. The summed E-state index contributed by atoms with van der Waals surface area (Å²) in [5.41, 5.74) is 0.115. The van der Waals surface area contributed by atoms with Gasteiger partial charge in [0, 0.05) is 5.41 Å². The minimum Gasteiger partial charge on any atom is -0.435 e. The van der Waals surface area contributed by atoms with E-state index in [-0.39, 0.29) is 29.7 Å². The van der Waals surface area contributed by atoms with Crippen LogP contribution in [0, 0.1) is 35.0 Å². The van der Waals surface area contributed by atoms with E-state index in [2.05, 4.69) is 20.8 Å². The van der Waals surface area contributed by atoms with Gasteiger partial charge < -0.3 is 9.47 Å². The van der Waals surface area contributed by atoms with Crippen molar-refractivity contribution >= 4 is 5.97 Å². The first kappa shape index (κ1) is 15.9. The van der Waals surface area contributed by atoms with E-state index in [9.17, 15) is 4.79 Å². The molecule has 0 radical (unpaired) electrons. The van der Waals surface area contributed by atoms with Gasteiger partial charge in [0.1, 0.15) is 0 Å². The molecule has 3 nitrogen and oxygen atoms in total. The number of esters is 1. The summed E-state index contributed by atoms with van der Waals surface area (Å²) in [5.74, 6) is 2.89. The molecular formula is C20H32O3. The van der Waals surface area contributed by atoms with Crippen molar-refractivity contribution in [3.05, 3.63) is 0 Å². The molecule has 1 saturated heterocycles. The Morgan fingerprint density at radius 3 is 2.43 bits per heavy atom. The molecule has 4 fully saturated rings. The van der Waals surface area contributed by atoms with Gasteiger partial charge in [0.15, 0.2) is 0 Å². The summed E-state index contributed by atoms with van der Waals surface area (Å²) in [6, 6.07) is 0. The molecule has 1 heterocycles. The lowest BCUT2D eigenvalue weighted by Gasteiger charge is -2.38. The second kappa shape index (κ2) is 5.75. The fourth-order valence-electron chi connectivity index (χ4n) is 6.33. The van der Waals surface area contributed by atoms with Crippen molar-refractivity contribution in [1.82, 2.24) is 0 Å². The van der Waals surface area contributed by atoms with Crippen molar-refractivity contribution < 1.29 is 14.3 Å². The van der Waals surface area contributed by atoms with Gasteiger partial charge in [-0.05, 0) is 62.7 Å². The smallest absolute Gasteiger partial charge is 0.311 e. The highest BCUT2D eigenvalue weighted by Crippen LogP contribution is 2.56. The maximum absolute atomic E-state index is 12.9. The van der Waals surface area contributed by atoms with E-state index in [1.165, 1.54) is 38.5 Å². The molecule has 3 saturated carbocycles. The van der Waals surface area contributed by atoms with Crippen LogP contribution >= 0.6 is 0 Å². The topological polar surface area (TPSA) is 35.5 Å². The Balaban J connectivity index is 1.44. The molecule has 0 N–H and O–H groups in total. The molecule has 130 valence electrons.